The summed E-state index contributed by atoms with van der Waals surface area (Å²) in [6.45, 7) is 8.39. The zero-order chi connectivity index (χ0) is 24.0. The number of methoxy groups -OCH3 is 1. The normalized spacial score (nSPS) is 21.0. The molecule has 0 spiro atoms. The van der Waals surface area contributed by atoms with Crippen molar-refractivity contribution < 1.29 is 14.2 Å². The lowest BCUT2D eigenvalue weighted by molar-refractivity contribution is 0.0252. The van der Waals surface area contributed by atoms with Crippen molar-refractivity contribution in [3.8, 4) is 11.5 Å². The number of hydrogen-bond donors (Lipinski definition) is 1. The van der Waals surface area contributed by atoms with E-state index in [0.717, 1.165) is 62.1 Å². The first kappa shape index (κ1) is 24.6. The minimum atomic E-state index is 0.528. The fraction of sp³-hybridized carbons (Fsp3) is 0.679. The topological polar surface area (TPSA) is 59.1 Å². The van der Waals surface area contributed by atoms with E-state index in [-0.39, 0.29) is 0 Å². The van der Waals surface area contributed by atoms with Crippen molar-refractivity contribution in [2.45, 2.75) is 56.9 Å². The minimum absolute atomic E-state index is 0.528. The number of likely N-dealkylation sites (tertiary alicyclic amines) is 2. The Kier molecular flexibility index (Phi) is 8.27. The lowest BCUT2D eigenvalue weighted by Gasteiger charge is -2.39. The molecule has 35 heavy (non-hydrogen) atoms. The second kappa shape index (κ2) is 11.8. The number of benzene rings is 1. The molecule has 0 atom stereocenters. The maximum absolute atomic E-state index is 6.21. The van der Waals surface area contributed by atoms with Gasteiger partial charge in [-0.2, -0.15) is 0 Å². The predicted octanol–water partition coefficient (Wildman–Crippen LogP) is 4.51. The number of nitrogens with zero attached hydrogens (tertiary/aromatic N) is 3. The maximum Gasteiger partial charge on any atom is 0.163 e. The van der Waals surface area contributed by atoms with Crippen LogP contribution in [0.1, 0.15) is 56.4 Å². The molecule has 0 saturated carbocycles. The Bertz CT molecular complexity index is 964. The summed E-state index contributed by atoms with van der Waals surface area (Å²) in [6.07, 6.45) is 8.39. The van der Waals surface area contributed by atoms with Crippen LogP contribution in [0, 0.1) is 0 Å². The van der Waals surface area contributed by atoms with Crippen molar-refractivity contribution >= 4 is 16.7 Å². The summed E-state index contributed by atoms with van der Waals surface area (Å²) in [5.74, 6) is 3.05. The first-order chi connectivity index (χ1) is 17.2. The summed E-state index contributed by atoms with van der Waals surface area (Å²) < 4.78 is 17.6. The van der Waals surface area contributed by atoms with Gasteiger partial charge in [-0.3, -0.25) is 0 Å². The average Bonchev–Trinajstić information content (AvgIpc) is 3.44. The molecule has 3 aliphatic rings. The van der Waals surface area contributed by atoms with Gasteiger partial charge >= 0.3 is 0 Å². The third kappa shape index (κ3) is 5.84. The molecule has 3 saturated heterocycles. The molecule has 3 aliphatic heterocycles. The number of ether oxygens (including phenoxy) is 3. The highest BCUT2D eigenvalue weighted by Crippen LogP contribution is 2.39. The Morgan fingerprint density at radius 3 is 2.49 bits per heavy atom. The molecule has 0 amide bonds. The first-order valence-corrected chi connectivity index (χ1v) is 13.6. The van der Waals surface area contributed by atoms with Gasteiger partial charge in [-0.15, -0.1) is 0 Å². The third-order valence-electron chi connectivity index (χ3n) is 8.13. The number of hydrogen-bond acceptors (Lipinski definition) is 7. The first-order valence-electron chi connectivity index (χ1n) is 13.6. The summed E-state index contributed by atoms with van der Waals surface area (Å²) >= 11 is 0. The summed E-state index contributed by atoms with van der Waals surface area (Å²) in [7, 11) is 3.69. The fourth-order valence-electron chi connectivity index (χ4n) is 6.10. The Labute approximate surface area is 210 Å². The highest BCUT2D eigenvalue weighted by molar-refractivity contribution is 5.88. The highest BCUT2D eigenvalue weighted by atomic mass is 16.5. The van der Waals surface area contributed by atoms with Crippen molar-refractivity contribution in [2.24, 2.45) is 0 Å². The van der Waals surface area contributed by atoms with E-state index in [2.05, 4.69) is 33.3 Å². The summed E-state index contributed by atoms with van der Waals surface area (Å²) in [5.41, 5.74) is 2.36. The van der Waals surface area contributed by atoms with Crippen LogP contribution in [-0.2, 0) is 4.74 Å². The molecule has 1 aromatic heterocycles. The van der Waals surface area contributed by atoms with Crippen molar-refractivity contribution in [3.05, 3.63) is 23.8 Å². The zero-order valence-electron chi connectivity index (χ0n) is 21.6. The van der Waals surface area contributed by atoms with Crippen molar-refractivity contribution in [3.63, 3.8) is 0 Å². The zero-order valence-corrected chi connectivity index (χ0v) is 21.6. The summed E-state index contributed by atoms with van der Waals surface area (Å²) in [6, 6.07) is 7.16. The molecule has 0 radical (unpaired) electrons. The number of nitrogens with one attached hydrogen (secondary N) is 1. The number of rotatable bonds is 9. The van der Waals surface area contributed by atoms with Gasteiger partial charge in [0.2, 0.25) is 0 Å². The molecule has 0 bridgehead atoms. The van der Waals surface area contributed by atoms with Gasteiger partial charge in [0.15, 0.2) is 11.5 Å². The fourth-order valence-corrected chi connectivity index (χ4v) is 6.10. The monoisotopic (exact) mass is 482 g/mol. The molecular weight excluding hydrogens is 440 g/mol. The van der Waals surface area contributed by atoms with E-state index in [9.17, 15) is 0 Å². The molecule has 5 rings (SSSR count). The second-order valence-electron chi connectivity index (χ2n) is 10.3. The predicted molar refractivity (Wildman–Crippen MR) is 141 cm³/mol. The van der Waals surface area contributed by atoms with Crippen LogP contribution in [0.15, 0.2) is 18.2 Å². The quantitative estimate of drug-likeness (QED) is 0.528. The molecule has 7 heteroatoms. The van der Waals surface area contributed by atoms with E-state index in [4.69, 9.17) is 19.2 Å². The summed E-state index contributed by atoms with van der Waals surface area (Å²) in [4.78, 5) is 10.1. The molecular formula is C28H42N4O3. The van der Waals surface area contributed by atoms with Crippen LogP contribution >= 0.6 is 0 Å². The molecule has 3 fully saturated rings. The van der Waals surface area contributed by atoms with Gasteiger partial charge in [0, 0.05) is 44.3 Å². The van der Waals surface area contributed by atoms with Crippen LogP contribution in [0.5, 0.6) is 11.5 Å². The Hall–Kier alpha value is -2.09. The standard InChI is InChI=1S/C28H42N4O3/c1-29-28-19-23(21-6-13-32(14-7-21)22-8-16-34-17-9-22)24-18-26(33-2)27(20-25(24)30-28)35-15-5-12-31-10-3-4-11-31/h18-22H,3-17H2,1-2H3,(H,29,30). The number of pyridine rings is 1. The smallest absolute Gasteiger partial charge is 0.163 e. The van der Waals surface area contributed by atoms with E-state index in [1.807, 2.05) is 7.05 Å². The third-order valence-corrected chi connectivity index (χ3v) is 8.13. The Morgan fingerprint density at radius 2 is 1.77 bits per heavy atom. The van der Waals surface area contributed by atoms with E-state index in [0.29, 0.717) is 18.6 Å². The molecule has 0 unspecified atom stereocenters. The second-order valence-corrected chi connectivity index (χ2v) is 10.3. The lowest BCUT2D eigenvalue weighted by Crippen LogP contribution is -2.43. The SMILES string of the molecule is CNc1cc(C2CCN(C3CCOCC3)CC2)c2cc(OC)c(OCCCN3CCCC3)cc2n1. The van der Waals surface area contributed by atoms with Gasteiger partial charge in [-0.05, 0) is 94.7 Å². The average molecular weight is 483 g/mol. The maximum atomic E-state index is 6.21. The van der Waals surface area contributed by atoms with E-state index < -0.39 is 0 Å². The van der Waals surface area contributed by atoms with Crippen LogP contribution in [-0.4, -0.2) is 87.5 Å². The Balaban J connectivity index is 1.31. The molecule has 1 N–H and O–H groups in total. The van der Waals surface area contributed by atoms with Crippen molar-refractivity contribution in [2.75, 3.05) is 72.0 Å². The van der Waals surface area contributed by atoms with Crippen molar-refractivity contribution in [1.82, 2.24) is 14.8 Å². The van der Waals surface area contributed by atoms with E-state index in [1.165, 1.54) is 62.6 Å². The van der Waals surface area contributed by atoms with Gasteiger partial charge in [0.05, 0.1) is 19.2 Å². The van der Waals surface area contributed by atoms with Crippen LogP contribution in [0.2, 0.25) is 0 Å². The number of anilines is 1. The Morgan fingerprint density at radius 1 is 1.00 bits per heavy atom. The molecule has 7 nitrogen and oxygen atoms in total. The number of piperidine rings is 1. The molecule has 0 aliphatic carbocycles. The van der Waals surface area contributed by atoms with Crippen molar-refractivity contribution in [1.29, 1.82) is 0 Å². The molecule has 2 aromatic rings. The summed E-state index contributed by atoms with van der Waals surface area (Å²) in [5, 5.41) is 4.47. The van der Waals surface area contributed by atoms with Gasteiger partial charge in [0.25, 0.3) is 0 Å². The van der Waals surface area contributed by atoms with Crippen LogP contribution in [0.4, 0.5) is 5.82 Å². The van der Waals surface area contributed by atoms with Gasteiger partial charge in [-0.25, -0.2) is 4.98 Å². The minimum Gasteiger partial charge on any atom is -0.493 e. The van der Waals surface area contributed by atoms with Gasteiger partial charge in [0.1, 0.15) is 5.82 Å². The van der Waals surface area contributed by atoms with Gasteiger partial charge in [-0.1, -0.05) is 0 Å². The van der Waals surface area contributed by atoms with E-state index >= 15 is 0 Å². The molecule has 1 aromatic carbocycles. The largest absolute Gasteiger partial charge is 0.493 e. The lowest BCUT2D eigenvalue weighted by atomic mass is 9.86. The van der Waals surface area contributed by atoms with Gasteiger partial charge < -0.3 is 29.3 Å². The van der Waals surface area contributed by atoms with Crippen LogP contribution in [0.25, 0.3) is 10.9 Å². The number of aromatic nitrogens is 1. The number of fused-ring (bicyclic) bond motifs is 1. The van der Waals surface area contributed by atoms with Crippen LogP contribution < -0.4 is 14.8 Å². The molecule has 192 valence electrons. The van der Waals surface area contributed by atoms with E-state index in [1.54, 1.807) is 7.11 Å². The van der Waals surface area contributed by atoms with Crippen LogP contribution in [0.3, 0.4) is 0 Å². The highest BCUT2D eigenvalue weighted by Gasteiger charge is 2.28. The molecule has 4 heterocycles.